The molecule has 0 atom stereocenters. The van der Waals surface area contributed by atoms with Crippen LogP contribution in [-0.4, -0.2) is 29.9 Å². The van der Waals surface area contributed by atoms with Gasteiger partial charge in [0, 0.05) is 11.4 Å². The van der Waals surface area contributed by atoms with Gasteiger partial charge in [-0.3, -0.25) is 9.44 Å². The molecule has 3 aromatic carbocycles. The van der Waals surface area contributed by atoms with Crippen LogP contribution in [0.2, 0.25) is 5.02 Å². The molecule has 3 aromatic rings. The summed E-state index contributed by atoms with van der Waals surface area (Å²) in [5, 5.41) is -0.582. The molecule has 0 heterocycles. The lowest BCUT2D eigenvalue weighted by molar-refractivity contribution is -0.137. The molecule has 0 aromatic heterocycles. The van der Waals surface area contributed by atoms with E-state index in [-0.39, 0.29) is 21.8 Å². The summed E-state index contributed by atoms with van der Waals surface area (Å²) in [5.74, 6) is -0.988. The highest BCUT2D eigenvalue weighted by Gasteiger charge is 2.33. The first-order valence-electron chi connectivity index (χ1n) is 9.87. The van der Waals surface area contributed by atoms with E-state index >= 15 is 0 Å². The van der Waals surface area contributed by atoms with Crippen LogP contribution >= 0.6 is 11.6 Å². The number of methoxy groups -OCH3 is 1. The molecule has 0 radical (unpaired) electrons. The van der Waals surface area contributed by atoms with Gasteiger partial charge >= 0.3 is 12.1 Å². The third-order valence-electron chi connectivity index (χ3n) is 4.69. The number of benzene rings is 3. The summed E-state index contributed by atoms with van der Waals surface area (Å²) in [7, 11) is -6.96. The average Bonchev–Trinajstić information content (AvgIpc) is 2.79. The fraction of sp³-hybridized carbons (Fsp3) is 0.136. The molecular weight excluding hydrogens is 545 g/mol. The van der Waals surface area contributed by atoms with E-state index in [1.165, 1.54) is 43.5 Å². The van der Waals surface area contributed by atoms with E-state index in [9.17, 15) is 34.8 Å². The number of ether oxygens (including phenoxy) is 1. The first-order chi connectivity index (χ1) is 16.7. The van der Waals surface area contributed by atoms with E-state index in [4.69, 9.17) is 11.6 Å². The highest BCUT2D eigenvalue weighted by molar-refractivity contribution is 7.92. The van der Waals surface area contributed by atoms with Crippen LogP contribution in [0.4, 0.5) is 24.5 Å². The molecule has 0 aliphatic rings. The van der Waals surface area contributed by atoms with Crippen LogP contribution in [0.3, 0.4) is 0 Å². The van der Waals surface area contributed by atoms with Crippen molar-refractivity contribution in [3.63, 3.8) is 0 Å². The molecule has 0 saturated heterocycles. The van der Waals surface area contributed by atoms with Crippen LogP contribution in [0.15, 0.2) is 71.6 Å². The van der Waals surface area contributed by atoms with Gasteiger partial charge in [0.15, 0.2) is 0 Å². The van der Waals surface area contributed by atoms with E-state index in [1.807, 2.05) is 4.72 Å². The van der Waals surface area contributed by atoms with Crippen LogP contribution in [0.5, 0.6) is 0 Å². The highest BCUT2D eigenvalue weighted by atomic mass is 35.5. The Morgan fingerprint density at radius 1 is 0.889 bits per heavy atom. The maximum atomic E-state index is 13.0. The summed E-state index contributed by atoms with van der Waals surface area (Å²) in [5.41, 5.74) is -0.847. The molecule has 2 N–H and O–H groups in total. The second kappa shape index (κ2) is 10.4. The summed E-state index contributed by atoms with van der Waals surface area (Å²) in [6.45, 7) is 0. The molecule has 3 rings (SSSR count). The van der Waals surface area contributed by atoms with Gasteiger partial charge in [-0.25, -0.2) is 21.6 Å². The normalized spacial score (nSPS) is 12.1. The van der Waals surface area contributed by atoms with Gasteiger partial charge in [0.05, 0.1) is 33.9 Å². The molecular formula is C22H18ClF3N2O6S2. The van der Waals surface area contributed by atoms with Crippen molar-refractivity contribution in [3.8, 4) is 0 Å². The molecule has 0 amide bonds. The third kappa shape index (κ3) is 6.89. The summed E-state index contributed by atoms with van der Waals surface area (Å²) in [6, 6.07) is 12.9. The molecule has 36 heavy (non-hydrogen) atoms. The molecule has 0 fully saturated rings. The standard InChI is InChI=1S/C22H18ClF3N2O6S2/c1-34-21(29)15-4-2-14(3-5-15)13-35(30,31)27-16-6-9-18(10-7-16)36(32,33)28-17-8-11-20(23)19(12-17)22(24,25)26/h2-12,27-28H,13H2,1H3. The number of esters is 1. The molecule has 192 valence electrons. The molecule has 0 bridgehead atoms. The number of hydrogen-bond donors (Lipinski definition) is 2. The zero-order valence-corrected chi connectivity index (χ0v) is 20.7. The Balaban J connectivity index is 1.71. The zero-order chi connectivity index (χ0) is 26.7. The molecule has 0 aliphatic carbocycles. The SMILES string of the molecule is COC(=O)c1ccc(CS(=O)(=O)Nc2ccc(S(=O)(=O)Nc3ccc(Cl)c(C(F)(F)F)c3)cc2)cc1. The lowest BCUT2D eigenvalue weighted by Crippen LogP contribution is -2.16. The second-order valence-electron chi connectivity index (χ2n) is 7.37. The smallest absolute Gasteiger partial charge is 0.417 e. The lowest BCUT2D eigenvalue weighted by Gasteiger charge is -2.13. The Morgan fingerprint density at radius 2 is 1.47 bits per heavy atom. The number of carbonyl (C=O) groups is 1. The molecule has 0 unspecified atom stereocenters. The number of anilines is 2. The predicted octanol–water partition coefficient (Wildman–Crippen LogP) is 4.89. The van der Waals surface area contributed by atoms with Gasteiger partial charge in [-0.1, -0.05) is 23.7 Å². The summed E-state index contributed by atoms with van der Waals surface area (Å²) >= 11 is 5.54. The average molecular weight is 563 g/mol. The van der Waals surface area contributed by atoms with Crippen LogP contribution < -0.4 is 9.44 Å². The molecule has 0 spiro atoms. The number of sulfonamides is 2. The molecule has 0 saturated carbocycles. The Hall–Kier alpha value is -3.29. The topological polar surface area (TPSA) is 119 Å². The Morgan fingerprint density at radius 3 is 2.03 bits per heavy atom. The first kappa shape index (κ1) is 27.3. The van der Waals surface area contributed by atoms with Gasteiger partial charge in [-0.15, -0.1) is 0 Å². The van der Waals surface area contributed by atoms with Crippen LogP contribution in [-0.2, 0) is 36.7 Å². The van der Waals surface area contributed by atoms with Crippen molar-refractivity contribution >= 4 is 49.0 Å². The fourth-order valence-corrected chi connectivity index (χ4v) is 5.49. The van der Waals surface area contributed by atoms with Crippen LogP contribution in [0.25, 0.3) is 0 Å². The number of hydrogen-bond acceptors (Lipinski definition) is 6. The number of alkyl halides is 3. The lowest BCUT2D eigenvalue weighted by atomic mass is 10.1. The Labute approximate surface area is 210 Å². The van der Waals surface area contributed by atoms with Crippen molar-refractivity contribution in [1.29, 1.82) is 0 Å². The predicted molar refractivity (Wildman–Crippen MR) is 128 cm³/mol. The van der Waals surface area contributed by atoms with Crippen LogP contribution in [0.1, 0.15) is 21.5 Å². The van der Waals surface area contributed by atoms with E-state index in [1.54, 1.807) is 0 Å². The molecule has 8 nitrogen and oxygen atoms in total. The minimum Gasteiger partial charge on any atom is -0.465 e. The van der Waals surface area contributed by atoms with Gasteiger partial charge in [-0.2, -0.15) is 13.2 Å². The maximum absolute atomic E-state index is 13.0. The summed E-state index contributed by atoms with van der Waals surface area (Å²) in [6.07, 6.45) is -4.78. The quantitative estimate of drug-likeness (QED) is 0.377. The number of nitrogens with one attached hydrogen (secondary N) is 2. The van der Waals surface area contributed by atoms with Gasteiger partial charge in [0.25, 0.3) is 10.0 Å². The van der Waals surface area contributed by atoms with E-state index in [0.29, 0.717) is 11.6 Å². The van der Waals surface area contributed by atoms with Gasteiger partial charge < -0.3 is 4.74 Å². The van der Waals surface area contributed by atoms with Gasteiger partial charge in [-0.05, 0) is 60.2 Å². The Bertz CT molecular complexity index is 1480. The van der Waals surface area contributed by atoms with E-state index in [2.05, 4.69) is 9.46 Å². The minimum absolute atomic E-state index is 0.0611. The summed E-state index contributed by atoms with van der Waals surface area (Å²) < 4.78 is 98.1. The Kier molecular flexibility index (Phi) is 7.86. The molecule has 14 heteroatoms. The van der Waals surface area contributed by atoms with Crippen molar-refractivity contribution < 1.29 is 39.5 Å². The fourth-order valence-electron chi connectivity index (χ4n) is 3.01. The monoisotopic (exact) mass is 562 g/mol. The molecule has 0 aliphatic heterocycles. The van der Waals surface area contributed by atoms with Crippen molar-refractivity contribution in [2.45, 2.75) is 16.8 Å². The number of rotatable bonds is 8. The van der Waals surface area contributed by atoms with Crippen molar-refractivity contribution in [2.24, 2.45) is 0 Å². The third-order valence-corrected chi connectivity index (χ3v) is 7.68. The second-order valence-corrected chi connectivity index (χ2v) is 11.2. The number of carbonyl (C=O) groups excluding carboxylic acids is 1. The van der Waals surface area contributed by atoms with Gasteiger partial charge in [0.1, 0.15) is 0 Å². The highest BCUT2D eigenvalue weighted by Crippen LogP contribution is 2.36. The largest absolute Gasteiger partial charge is 0.465 e. The van der Waals surface area contributed by atoms with E-state index in [0.717, 1.165) is 24.3 Å². The number of halogens is 4. The van der Waals surface area contributed by atoms with Crippen LogP contribution in [0, 0.1) is 0 Å². The van der Waals surface area contributed by atoms with E-state index < -0.39 is 48.5 Å². The summed E-state index contributed by atoms with van der Waals surface area (Å²) in [4.78, 5) is 11.2. The van der Waals surface area contributed by atoms with Crippen molar-refractivity contribution in [3.05, 3.63) is 88.4 Å². The van der Waals surface area contributed by atoms with Gasteiger partial charge in [0.2, 0.25) is 10.0 Å². The zero-order valence-electron chi connectivity index (χ0n) is 18.3. The van der Waals surface area contributed by atoms with Crippen molar-refractivity contribution in [1.82, 2.24) is 0 Å². The minimum atomic E-state index is -4.78. The first-order valence-corrected chi connectivity index (χ1v) is 13.4. The van der Waals surface area contributed by atoms with Crippen molar-refractivity contribution in [2.75, 3.05) is 16.6 Å². The maximum Gasteiger partial charge on any atom is 0.417 e.